The van der Waals surface area contributed by atoms with E-state index in [1.54, 1.807) is 25.1 Å². The Morgan fingerprint density at radius 2 is 1.90 bits per heavy atom. The molecule has 6 heteroatoms. The van der Waals surface area contributed by atoms with Crippen LogP contribution in [0.15, 0.2) is 42.5 Å². The molecule has 0 aliphatic carbocycles. The van der Waals surface area contributed by atoms with Crippen LogP contribution in [0.1, 0.15) is 24.1 Å². The first-order chi connectivity index (χ1) is 9.97. The van der Waals surface area contributed by atoms with E-state index in [2.05, 4.69) is 10.3 Å². The summed E-state index contributed by atoms with van der Waals surface area (Å²) in [7, 11) is 0. The molecule has 1 heterocycles. The molecule has 0 saturated carbocycles. The first kappa shape index (κ1) is 14.6. The Bertz CT molecular complexity index is 668. The topological polar surface area (TPSA) is 85.1 Å². The number of anilines is 1. The quantitative estimate of drug-likeness (QED) is 0.691. The standard InChI is InChI=1S/C15H15N3O3/c1-10-4-3-5-14(16-10)17-15(19)11(2)12-6-8-13(9-7-12)18(20)21/h3-9,11H,1-2H3,(H,16,17,19)/t11-/m0/s1. The van der Waals surface area contributed by atoms with Gasteiger partial charge in [-0.15, -0.1) is 0 Å². The van der Waals surface area contributed by atoms with Gasteiger partial charge < -0.3 is 5.32 Å². The molecule has 0 aliphatic rings. The Balaban J connectivity index is 2.10. The number of carbonyl (C=O) groups excluding carboxylic acids is 1. The number of nitrogens with zero attached hydrogens (tertiary/aromatic N) is 2. The van der Waals surface area contributed by atoms with Crippen molar-refractivity contribution in [2.24, 2.45) is 0 Å². The van der Waals surface area contributed by atoms with Crippen molar-refractivity contribution in [3.8, 4) is 0 Å². The van der Waals surface area contributed by atoms with E-state index in [0.29, 0.717) is 11.4 Å². The predicted molar refractivity (Wildman–Crippen MR) is 79.1 cm³/mol. The number of hydrogen-bond acceptors (Lipinski definition) is 4. The van der Waals surface area contributed by atoms with Crippen molar-refractivity contribution in [3.05, 3.63) is 63.8 Å². The van der Waals surface area contributed by atoms with Crippen LogP contribution < -0.4 is 5.32 Å². The second-order valence-electron chi connectivity index (χ2n) is 4.72. The predicted octanol–water partition coefficient (Wildman–Crippen LogP) is 3.04. The minimum atomic E-state index is -0.467. The maximum Gasteiger partial charge on any atom is 0.269 e. The van der Waals surface area contributed by atoms with E-state index in [4.69, 9.17) is 0 Å². The van der Waals surface area contributed by atoms with Gasteiger partial charge in [0.05, 0.1) is 10.8 Å². The van der Waals surface area contributed by atoms with Gasteiger partial charge in [-0.3, -0.25) is 14.9 Å². The molecule has 1 aromatic heterocycles. The molecule has 0 bridgehead atoms. The van der Waals surface area contributed by atoms with Crippen LogP contribution in [0.2, 0.25) is 0 Å². The van der Waals surface area contributed by atoms with Gasteiger partial charge in [-0.1, -0.05) is 18.2 Å². The summed E-state index contributed by atoms with van der Waals surface area (Å²) in [6.07, 6.45) is 0. The summed E-state index contributed by atoms with van der Waals surface area (Å²) in [6.45, 7) is 3.59. The zero-order valence-corrected chi connectivity index (χ0v) is 11.7. The highest BCUT2D eigenvalue weighted by molar-refractivity contribution is 5.94. The van der Waals surface area contributed by atoms with Crippen LogP contribution >= 0.6 is 0 Å². The van der Waals surface area contributed by atoms with E-state index < -0.39 is 10.8 Å². The summed E-state index contributed by atoms with van der Waals surface area (Å²) in [5, 5.41) is 13.3. The summed E-state index contributed by atoms with van der Waals surface area (Å²) in [6, 6.07) is 11.3. The van der Waals surface area contributed by atoms with Gasteiger partial charge in [0.15, 0.2) is 0 Å². The monoisotopic (exact) mass is 285 g/mol. The van der Waals surface area contributed by atoms with Crippen molar-refractivity contribution in [2.45, 2.75) is 19.8 Å². The molecule has 1 amide bonds. The largest absolute Gasteiger partial charge is 0.310 e. The van der Waals surface area contributed by atoms with Gasteiger partial charge in [0.25, 0.3) is 5.69 Å². The molecule has 2 rings (SSSR count). The average Bonchev–Trinajstić information content (AvgIpc) is 2.46. The molecule has 0 spiro atoms. The molecule has 6 nitrogen and oxygen atoms in total. The zero-order valence-electron chi connectivity index (χ0n) is 11.7. The van der Waals surface area contributed by atoms with Crippen molar-refractivity contribution in [1.29, 1.82) is 0 Å². The number of benzene rings is 1. The molecular formula is C15H15N3O3. The van der Waals surface area contributed by atoms with Gasteiger partial charge in [0, 0.05) is 17.8 Å². The number of amides is 1. The Morgan fingerprint density at radius 3 is 2.48 bits per heavy atom. The molecule has 1 atom stereocenters. The average molecular weight is 285 g/mol. The Morgan fingerprint density at radius 1 is 1.24 bits per heavy atom. The molecule has 1 N–H and O–H groups in total. The minimum absolute atomic E-state index is 0.00621. The number of non-ortho nitro benzene ring substituents is 1. The summed E-state index contributed by atoms with van der Waals surface area (Å²) in [5.74, 6) is -0.135. The molecular weight excluding hydrogens is 270 g/mol. The molecule has 0 aliphatic heterocycles. The third-order valence-electron chi connectivity index (χ3n) is 3.14. The Kier molecular flexibility index (Phi) is 4.27. The normalized spacial score (nSPS) is 11.7. The maximum atomic E-state index is 12.2. The van der Waals surface area contributed by atoms with Crippen molar-refractivity contribution >= 4 is 17.4 Å². The molecule has 2 aromatic rings. The Labute approximate surface area is 122 Å². The van der Waals surface area contributed by atoms with E-state index in [0.717, 1.165) is 5.69 Å². The molecule has 0 saturated heterocycles. The lowest BCUT2D eigenvalue weighted by Crippen LogP contribution is -2.19. The van der Waals surface area contributed by atoms with Crippen molar-refractivity contribution < 1.29 is 9.72 Å². The number of nitro groups is 1. The van der Waals surface area contributed by atoms with E-state index in [1.165, 1.54) is 12.1 Å². The van der Waals surface area contributed by atoms with Crippen LogP contribution in [0, 0.1) is 17.0 Å². The van der Waals surface area contributed by atoms with E-state index in [-0.39, 0.29) is 11.6 Å². The summed E-state index contributed by atoms with van der Waals surface area (Å²) in [5.41, 5.74) is 1.54. The number of aryl methyl sites for hydroxylation is 1. The lowest BCUT2D eigenvalue weighted by Gasteiger charge is -2.12. The first-order valence-electron chi connectivity index (χ1n) is 6.46. The second-order valence-corrected chi connectivity index (χ2v) is 4.72. The molecule has 1 aromatic carbocycles. The number of nitro benzene ring substituents is 1. The Hall–Kier alpha value is -2.76. The highest BCUT2D eigenvalue weighted by atomic mass is 16.6. The van der Waals surface area contributed by atoms with E-state index in [9.17, 15) is 14.9 Å². The zero-order chi connectivity index (χ0) is 15.4. The van der Waals surface area contributed by atoms with Gasteiger partial charge in [-0.25, -0.2) is 4.98 Å². The van der Waals surface area contributed by atoms with Crippen LogP contribution in [-0.4, -0.2) is 15.8 Å². The van der Waals surface area contributed by atoms with Crippen LogP contribution in [0.4, 0.5) is 11.5 Å². The lowest BCUT2D eigenvalue weighted by atomic mass is 10.00. The van der Waals surface area contributed by atoms with Gasteiger partial charge in [-0.05, 0) is 31.5 Å². The van der Waals surface area contributed by atoms with Crippen LogP contribution in [0.25, 0.3) is 0 Å². The van der Waals surface area contributed by atoms with Crippen LogP contribution in [0.5, 0.6) is 0 Å². The highest BCUT2D eigenvalue weighted by Crippen LogP contribution is 2.20. The minimum Gasteiger partial charge on any atom is -0.310 e. The van der Waals surface area contributed by atoms with Crippen LogP contribution in [-0.2, 0) is 4.79 Å². The SMILES string of the molecule is Cc1cccc(NC(=O)[C@@H](C)c2ccc([N+](=O)[O-])cc2)n1. The third kappa shape index (κ3) is 3.62. The number of pyridine rings is 1. The van der Waals surface area contributed by atoms with Gasteiger partial charge in [-0.2, -0.15) is 0 Å². The summed E-state index contributed by atoms with van der Waals surface area (Å²) < 4.78 is 0. The lowest BCUT2D eigenvalue weighted by molar-refractivity contribution is -0.384. The van der Waals surface area contributed by atoms with E-state index in [1.807, 2.05) is 19.1 Å². The molecule has 108 valence electrons. The fraction of sp³-hybridized carbons (Fsp3) is 0.200. The van der Waals surface area contributed by atoms with E-state index >= 15 is 0 Å². The van der Waals surface area contributed by atoms with Gasteiger partial charge in [0.2, 0.25) is 5.91 Å². The number of rotatable bonds is 4. The number of hydrogen-bond donors (Lipinski definition) is 1. The van der Waals surface area contributed by atoms with Gasteiger partial charge >= 0.3 is 0 Å². The molecule has 0 radical (unpaired) electrons. The summed E-state index contributed by atoms with van der Waals surface area (Å²) >= 11 is 0. The number of aromatic nitrogens is 1. The van der Waals surface area contributed by atoms with Crippen LogP contribution in [0.3, 0.4) is 0 Å². The highest BCUT2D eigenvalue weighted by Gasteiger charge is 2.17. The number of carbonyl (C=O) groups is 1. The number of nitrogens with one attached hydrogen (secondary N) is 1. The fourth-order valence-electron chi connectivity index (χ4n) is 1.88. The molecule has 0 unspecified atom stereocenters. The third-order valence-corrected chi connectivity index (χ3v) is 3.14. The van der Waals surface area contributed by atoms with Crippen molar-refractivity contribution in [3.63, 3.8) is 0 Å². The van der Waals surface area contributed by atoms with Crippen molar-refractivity contribution in [2.75, 3.05) is 5.32 Å². The fourth-order valence-corrected chi connectivity index (χ4v) is 1.88. The second kappa shape index (κ2) is 6.13. The maximum absolute atomic E-state index is 12.2. The van der Waals surface area contributed by atoms with Gasteiger partial charge in [0.1, 0.15) is 5.82 Å². The molecule has 0 fully saturated rings. The summed E-state index contributed by atoms with van der Waals surface area (Å²) in [4.78, 5) is 26.5. The molecule has 21 heavy (non-hydrogen) atoms. The van der Waals surface area contributed by atoms with Crippen molar-refractivity contribution in [1.82, 2.24) is 4.98 Å². The smallest absolute Gasteiger partial charge is 0.269 e. The first-order valence-corrected chi connectivity index (χ1v) is 6.46.